The van der Waals surface area contributed by atoms with E-state index in [0.29, 0.717) is 22.6 Å². The normalized spacial score (nSPS) is 20.0. The number of ketones is 1. The number of hydrogen-bond donors (Lipinski definition) is 1. The zero-order valence-electron chi connectivity index (χ0n) is 13.3. The first-order chi connectivity index (χ1) is 11.4. The molecule has 1 aromatic rings. The van der Waals surface area contributed by atoms with Crippen LogP contribution in [0.2, 0.25) is 0 Å². The van der Waals surface area contributed by atoms with E-state index in [-0.39, 0.29) is 18.5 Å². The van der Waals surface area contributed by atoms with E-state index in [4.69, 9.17) is 4.74 Å². The lowest BCUT2D eigenvalue weighted by atomic mass is 9.99. The van der Waals surface area contributed by atoms with Crippen molar-refractivity contribution in [2.24, 2.45) is 4.99 Å². The highest BCUT2D eigenvalue weighted by Gasteiger charge is 2.36. The largest absolute Gasteiger partial charge is 0.497 e. The third-order valence-electron chi connectivity index (χ3n) is 4.17. The number of benzene rings is 1. The number of carbonyl (C=O) groups is 3. The first-order valence-corrected chi connectivity index (χ1v) is 7.44. The van der Waals surface area contributed by atoms with E-state index in [1.54, 1.807) is 19.1 Å². The van der Waals surface area contributed by atoms with E-state index in [1.807, 2.05) is 0 Å². The van der Waals surface area contributed by atoms with Crippen LogP contribution in [-0.2, 0) is 4.79 Å². The molecule has 0 radical (unpaired) electrons. The lowest BCUT2D eigenvalue weighted by Gasteiger charge is -2.18. The number of imide groups is 1. The molecule has 0 bridgehead atoms. The highest BCUT2D eigenvalue weighted by Crippen LogP contribution is 2.27. The molecule has 0 aromatic heterocycles. The van der Waals surface area contributed by atoms with Gasteiger partial charge < -0.3 is 9.84 Å². The standard InChI is InChI=1S/C17H16N2O5/c1-9-14(20)15(21)10(8-18-9)5-6-19-16(22)12-4-3-11(24-2)7-13(12)17(19)23/h3-4,7-8,14,20H,5-6H2,1-2H3. The maximum Gasteiger partial charge on any atom is 0.261 e. The molecule has 0 saturated heterocycles. The Kier molecular flexibility index (Phi) is 4.02. The first kappa shape index (κ1) is 16.1. The summed E-state index contributed by atoms with van der Waals surface area (Å²) in [5.74, 6) is -0.768. The van der Waals surface area contributed by atoms with Crippen LogP contribution in [0.5, 0.6) is 5.75 Å². The van der Waals surface area contributed by atoms with Crippen molar-refractivity contribution in [1.82, 2.24) is 4.90 Å². The molecule has 0 aliphatic carbocycles. The molecule has 2 heterocycles. The molecule has 1 atom stereocenters. The van der Waals surface area contributed by atoms with Crippen molar-refractivity contribution < 1.29 is 24.2 Å². The Morgan fingerprint density at radius 2 is 1.92 bits per heavy atom. The molecule has 1 N–H and O–H groups in total. The SMILES string of the molecule is COc1ccc2c(c1)C(=O)N(CCC1=CN=C(C)C(O)C1=O)C2=O. The number of Topliss-reactive ketones (excluding diaryl/α,β-unsaturated/α-hetero) is 1. The van der Waals surface area contributed by atoms with Gasteiger partial charge in [0.2, 0.25) is 0 Å². The Balaban J connectivity index is 1.77. The summed E-state index contributed by atoms with van der Waals surface area (Å²) in [6.07, 6.45) is 0.275. The zero-order chi connectivity index (χ0) is 17.4. The van der Waals surface area contributed by atoms with Gasteiger partial charge in [0.25, 0.3) is 11.8 Å². The molecule has 0 spiro atoms. The second kappa shape index (κ2) is 6.01. The van der Waals surface area contributed by atoms with Gasteiger partial charge in [0.05, 0.1) is 23.9 Å². The number of aliphatic hydroxyl groups is 1. The summed E-state index contributed by atoms with van der Waals surface area (Å²) < 4.78 is 5.07. The van der Waals surface area contributed by atoms with Gasteiger partial charge in [-0.15, -0.1) is 0 Å². The third kappa shape index (κ3) is 2.52. The number of hydrogen-bond acceptors (Lipinski definition) is 6. The van der Waals surface area contributed by atoms with Gasteiger partial charge in [-0.05, 0) is 31.5 Å². The van der Waals surface area contributed by atoms with E-state index in [2.05, 4.69) is 4.99 Å². The summed E-state index contributed by atoms with van der Waals surface area (Å²) in [6.45, 7) is 1.61. The fourth-order valence-electron chi connectivity index (χ4n) is 2.70. The number of aliphatic hydroxyl groups excluding tert-OH is 1. The van der Waals surface area contributed by atoms with Gasteiger partial charge >= 0.3 is 0 Å². The second-order valence-corrected chi connectivity index (χ2v) is 5.62. The monoisotopic (exact) mass is 328 g/mol. The van der Waals surface area contributed by atoms with Crippen LogP contribution in [0.25, 0.3) is 0 Å². The Morgan fingerprint density at radius 1 is 1.21 bits per heavy atom. The van der Waals surface area contributed by atoms with Gasteiger partial charge in [-0.25, -0.2) is 0 Å². The quantitative estimate of drug-likeness (QED) is 0.831. The van der Waals surface area contributed by atoms with Crippen molar-refractivity contribution >= 4 is 23.3 Å². The molecule has 1 aromatic carbocycles. The number of amides is 2. The van der Waals surface area contributed by atoms with Crippen molar-refractivity contribution in [2.45, 2.75) is 19.4 Å². The smallest absolute Gasteiger partial charge is 0.261 e. The van der Waals surface area contributed by atoms with Crippen LogP contribution < -0.4 is 4.74 Å². The molecule has 24 heavy (non-hydrogen) atoms. The van der Waals surface area contributed by atoms with Crippen molar-refractivity contribution in [3.8, 4) is 5.75 Å². The van der Waals surface area contributed by atoms with Crippen LogP contribution in [0.1, 0.15) is 34.1 Å². The summed E-state index contributed by atoms with van der Waals surface area (Å²) in [6, 6.07) is 4.70. The molecular weight excluding hydrogens is 312 g/mol. The van der Waals surface area contributed by atoms with Gasteiger partial charge in [-0.3, -0.25) is 24.3 Å². The van der Waals surface area contributed by atoms with E-state index < -0.39 is 23.7 Å². The fourth-order valence-corrected chi connectivity index (χ4v) is 2.70. The minimum atomic E-state index is -1.25. The highest BCUT2D eigenvalue weighted by atomic mass is 16.5. The molecule has 0 fully saturated rings. The lowest BCUT2D eigenvalue weighted by Crippen LogP contribution is -2.35. The van der Waals surface area contributed by atoms with Crippen LogP contribution in [0, 0.1) is 0 Å². The molecule has 1 unspecified atom stereocenters. The minimum absolute atomic E-state index is 0.0491. The maximum atomic E-state index is 12.4. The average molecular weight is 328 g/mol. The Bertz CT molecular complexity index is 809. The predicted molar refractivity (Wildman–Crippen MR) is 85.2 cm³/mol. The Hall–Kier alpha value is -2.80. The molecule has 3 rings (SSSR count). The van der Waals surface area contributed by atoms with Crippen LogP contribution in [0.4, 0.5) is 0 Å². The summed E-state index contributed by atoms with van der Waals surface area (Å²) >= 11 is 0. The molecule has 7 nitrogen and oxygen atoms in total. The fraction of sp³-hybridized carbons (Fsp3) is 0.294. The zero-order valence-corrected chi connectivity index (χ0v) is 13.3. The number of rotatable bonds is 4. The van der Waals surface area contributed by atoms with Crippen molar-refractivity contribution in [1.29, 1.82) is 0 Å². The van der Waals surface area contributed by atoms with Crippen molar-refractivity contribution in [3.63, 3.8) is 0 Å². The minimum Gasteiger partial charge on any atom is -0.497 e. The number of fused-ring (bicyclic) bond motifs is 1. The van der Waals surface area contributed by atoms with Crippen LogP contribution >= 0.6 is 0 Å². The predicted octanol–water partition coefficient (Wildman–Crippen LogP) is 0.970. The number of nitrogens with zero attached hydrogens (tertiary/aromatic N) is 2. The van der Waals surface area contributed by atoms with Crippen LogP contribution in [-0.4, -0.2) is 53.1 Å². The topological polar surface area (TPSA) is 96.3 Å². The molecular formula is C17H16N2O5. The van der Waals surface area contributed by atoms with Gasteiger partial charge in [0.1, 0.15) is 5.75 Å². The van der Waals surface area contributed by atoms with Crippen LogP contribution in [0.15, 0.2) is 35.0 Å². The number of methoxy groups -OCH3 is 1. The molecule has 2 aliphatic heterocycles. The maximum absolute atomic E-state index is 12.4. The van der Waals surface area contributed by atoms with E-state index in [1.165, 1.54) is 19.4 Å². The summed E-state index contributed by atoms with van der Waals surface area (Å²) in [4.78, 5) is 41.8. The van der Waals surface area contributed by atoms with Crippen molar-refractivity contribution in [2.75, 3.05) is 13.7 Å². The second-order valence-electron chi connectivity index (χ2n) is 5.62. The van der Waals surface area contributed by atoms with Crippen LogP contribution in [0.3, 0.4) is 0 Å². The van der Waals surface area contributed by atoms with Crippen molar-refractivity contribution in [3.05, 3.63) is 41.1 Å². The summed E-state index contributed by atoms with van der Waals surface area (Å²) in [7, 11) is 1.48. The molecule has 0 saturated carbocycles. The van der Waals surface area contributed by atoms with E-state index >= 15 is 0 Å². The van der Waals surface area contributed by atoms with E-state index in [9.17, 15) is 19.5 Å². The first-order valence-electron chi connectivity index (χ1n) is 7.44. The van der Waals surface area contributed by atoms with Gasteiger partial charge in [0, 0.05) is 18.3 Å². The molecule has 124 valence electrons. The lowest BCUT2D eigenvalue weighted by molar-refractivity contribution is -0.120. The molecule has 2 amide bonds. The van der Waals surface area contributed by atoms with Gasteiger partial charge in [-0.1, -0.05) is 0 Å². The molecule has 7 heteroatoms. The number of carbonyl (C=O) groups excluding carboxylic acids is 3. The van der Waals surface area contributed by atoms with E-state index in [0.717, 1.165) is 4.90 Å². The number of ether oxygens (including phenoxy) is 1. The number of aliphatic imine (C=N–C) groups is 1. The summed E-state index contributed by atoms with van der Waals surface area (Å²) in [5, 5.41) is 9.73. The Morgan fingerprint density at radius 3 is 2.62 bits per heavy atom. The molecule has 2 aliphatic rings. The summed E-state index contributed by atoms with van der Waals surface area (Å²) in [5.41, 5.74) is 1.23. The third-order valence-corrected chi connectivity index (χ3v) is 4.17. The highest BCUT2D eigenvalue weighted by molar-refractivity contribution is 6.21. The Labute approximate surface area is 138 Å². The van der Waals surface area contributed by atoms with Gasteiger partial charge in [-0.2, -0.15) is 0 Å². The van der Waals surface area contributed by atoms with Gasteiger partial charge in [0.15, 0.2) is 11.9 Å². The average Bonchev–Trinajstić information content (AvgIpc) is 2.83.